The van der Waals surface area contributed by atoms with E-state index >= 15 is 0 Å². The molecular weight excluding hydrogens is 302 g/mol. The lowest BCUT2D eigenvalue weighted by atomic mass is 10.2. The van der Waals surface area contributed by atoms with Crippen LogP contribution in [0.25, 0.3) is 0 Å². The number of rotatable bonds is 6. The number of anilines is 3. The van der Waals surface area contributed by atoms with E-state index in [2.05, 4.69) is 36.6 Å². The van der Waals surface area contributed by atoms with Gasteiger partial charge in [-0.25, -0.2) is 15.0 Å². The van der Waals surface area contributed by atoms with Gasteiger partial charge in [-0.05, 0) is 25.0 Å². The zero-order chi connectivity index (χ0) is 16.8. The first-order chi connectivity index (χ1) is 11.8. The molecule has 2 N–H and O–H groups in total. The van der Waals surface area contributed by atoms with Crippen molar-refractivity contribution in [3.63, 3.8) is 0 Å². The van der Waals surface area contributed by atoms with Gasteiger partial charge < -0.3 is 15.5 Å². The maximum Gasteiger partial charge on any atom is 0.134 e. The average Bonchev–Trinajstić information content (AvgIpc) is 3.09. The number of nitrogens with one attached hydrogen (secondary N) is 2. The molecule has 1 aliphatic rings. The highest BCUT2D eigenvalue weighted by molar-refractivity contribution is 5.50. The van der Waals surface area contributed by atoms with Crippen molar-refractivity contribution in [1.82, 2.24) is 15.0 Å². The molecule has 3 heterocycles. The molecule has 3 rings (SSSR count). The average molecular weight is 323 g/mol. The number of aromatic nitrogens is 3. The van der Waals surface area contributed by atoms with E-state index in [9.17, 15) is 0 Å². The van der Waals surface area contributed by atoms with Crippen molar-refractivity contribution < 1.29 is 0 Å². The topological polar surface area (TPSA) is 89.8 Å². The monoisotopic (exact) mass is 323 g/mol. The molecule has 0 radical (unpaired) electrons. The molecule has 0 bridgehead atoms. The zero-order valence-corrected chi connectivity index (χ0v) is 13.7. The molecule has 1 aliphatic heterocycles. The molecule has 2 aromatic heterocycles. The van der Waals surface area contributed by atoms with Gasteiger partial charge in [0.1, 0.15) is 23.8 Å². The Morgan fingerprint density at radius 1 is 1.33 bits per heavy atom. The third-order valence-corrected chi connectivity index (χ3v) is 4.17. The maximum absolute atomic E-state index is 8.78. The summed E-state index contributed by atoms with van der Waals surface area (Å²) in [6, 6.07) is 10.2. The fourth-order valence-corrected chi connectivity index (χ4v) is 2.97. The summed E-state index contributed by atoms with van der Waals surface area (Å²) in [5.74, 6) is 2.59. The molecule has 24 heavy (non-hydrogen) atoms. The van der Waals surface area contributed by atoms with Crippen LogP contribution >= 0.6 is 0 Å². The first-order valence-corrected chi connectivity index (χ1v) is 8.13. The van der Waals surface area contributed by atoms with Gasteiger partial charge in [0.05, 0.1) is 18.2 Å². The Bertz CT molecular complexity index is 725. The summed E-state index contributed by atoms with van der Waals surface area (Å²) in [6.07, 6.45) is 4.19. The van der Waals surface area contributed by atoms with Crippen molar-refractivity contribution >= 4 is 17.5 Å². The second-order valence-corrected chi connectivity index (χ2v) is 5.73. The Hall–Kier alpha value is -2.88. The number of hydrogen-bond donors (Lipinski definition) is 2. The molecule has 124 valence electrons. The number of pyridine rings is 1. The summed E-state index contributed by atoms with van der Waals surface area (Å²) >= 11 is 0. The van der Waals surface area contributed by atoms with E-state index in [1.165, 1.54) is 0 Å². The smallest absolute Gasteiger partial charge is 0.134 e. The molecule has 7 nitrogen and oxygen atoms in total. The molecule has 1 unspecified atom stereocenters. The van der Waals surface area contributed by atoms with E-state index in [0.717, 1.165) is 49.1 Å². The van der Waals surface area contributed by atoms with Crippen LogP contribution in [0, 0.1) is 11.3 Å². The molecule has 2 aromatic rings. The first kappa shape index (κ1) is 16.0. The zero-order valence-electron chi connectivity index (χ0n) is 13.7. The second kappa shape index (κ2) is 7.59. The van der Waals surface area contributed by atoms with Crippen molar-refractivity contribution in [3.8, 4) is 6.07 Å². The van der Waals surface area contributed by atoms with Crippen LogP contribution in [0.3, 0.4) is 0 Å². The third-order valence-electron chi connectivity index (χ3n) is 4.17. The molecule has 0 spiro atoms. The molecular formula is C17H21N7. The quantitative estimate of drug-likeness (QED) is 0.841. The molecule has 7 heteroatoms. The third kappa shape index (κ3) is 3.71. The summed E-state index contributed by atoms with van der Waals surface area (Å²) in [5.41, 5.74) is 0.792. The van der Waals surface area contributed by atoms with Crippen LogP contribution in [0.2, 0.25) is 0 Å². The lowest BCUT2D eigenvalue weighted by Gasteiger charge is -2.26. The molecule has 0 saturated carbocycles. The van der Waals surface area contributed by atoms with Gasteiger partial charge in [-0.2, -0.15) is 5.26 Å². The van der Waals surface area contributed by atoms with Gasteiger partial charge in [0.25, 0.3) is 0 Å². The van der Waals surface area contributed by atoms with E-state index in [1.54, 1.807) is 6.33 Å². The second-order valence-electron chi connectivity index (χ2n) is 5.73. The summed E-state index contributed by atoms with van der Waals surface area (Å²) in [5, 5.41) is 15.2. The van der Waals surface area contributed by atoms with Gasteiger partial charge in [0.15, 0.2) is 0 Å². The molecule has 0 aliphatic carbocycles. The highest BCUT2D eigenvalue weighted by Gasteiger charge is 2.25. The van der Waals surface area contributed by atoms with Crippen molar-refractivity contribution in [2.45, 2.75) is 25.3 Å². The van der Waals surface area contributed by atoms with Crippen molar-refractivity contribution in [2.24, 2.45) is 0 Å². The Morgan fingerprint density at radius 3 is 3.08 bits per heavy atom. The van der Waals surface area contributed by atoms with E-state index < -0.39 is 0 Å². The SMILES string of the molecule is CNc1cc(N2CCCC2CNc2cccc(CC#N)n2)ncn1. The van der Waals surface area contributed by atoms with Crippen LogP contribution in [-0.2, 0) is 6.42 Å². The maximum atomic E-state index is 8.78. The van der Waals surface area contributed by atoms with Crippen molar-refractivity contribution in [2.75, 3.05) is 35.7 Å². The Balaban J connectivity index is 1.66. The van der Waals surface area contributed by atoms with Gasteiger partial charge in [-0.1, -0.05) is 6.07 Å². The van der Waals surface area contributed by atoms with Crippen LogP contribution in [0.1, 0.15) is 18.5 Å². The van der Waals surface area contributed by atoms with Gasteiger partial charge >= 0.3 is 0 Å². The Morgan fingerprint density at radius 2 is 2.25 bits per heavy atom. The van der Waals surface area contributed by atoms with Crippen LogP contribution in [-0.4, -0.2) is 41.1 Å². The summed E-state index contributed by atoms with van der Waals surface area (Å²) in [4.78, 5) is 15.4. The standard InChI is InChI=1S/C17H21N7/c1-19-16-10-17(22-12-21-16)24-9-3-5-14(24)11-20-15-6-2-4-13(23-15)7-8-18/h2,4,6,10,12,14H,3,5,7,9,11H2,1H3,(H,20,23)(H,19,21,22). The van der Waals surface area contributed by atoms with Crippen molar-refractivity contribution in [1.29, 1.82) is 5.26 Å². The number of nitrogens with zero attached hydrogens (tertiary/aromatic N) is 5. The molecule has 1 saturated heterocycles. The summed E-state index contributed by atoms with van der Waals surface area (Å²) in [7, 11) is 1.86. The van der Waals surface area contributed by atoms with Crippen LogP contribution < -0.4 is 15.5 Å². The van der Waals surface area contributed by atoms with Gasteiger partial charge in [-0.15, -0.1) is 0 Å². The minimum Gasteiger partial charge on any atom is -0.373 e. The Kier molecular flexibility index (Phi) is 5.06. The van der Waals surface area contributed by atoms with Crippen LogP contribution in [0.15, 0.2) is 30.6 Å². The first-order valence-electron chi connectivity index (χ1n) is 8.13. The normalized spacial score (nSPS) is 16.7. The molecule has 1 atom stereocenters. The lowest BCUT2D eigenvalue weighted by Crippen LogP contribution is -2.35. The van der Waals surface area contributed by atoms with Crippen LogP contribution in [0.5, 0.6) is 0 Å². The highest BCUT2D eigenvalue weighted by atomic mass is 15.3. The molecule has 0 aromatic carbocycles. The summed E-state index contributed by atoms with van der Waals surface area (Å²) < 4.78 is 0. The van der Waals surface area contributed by atoms with E-state index in [4.69, 9.17) is 5.26 Å². The minimum absolute atomic E-state index is 0.332. The van der Waals surface area contributed by atoms with E-state index in [0.29, 0.717) is 12.5 Å². The number of hydrogen-bond acceptors (Lipinski definition) is 7. The van der Waals surface area contributed by atoms with Gasteiger partial charge in [0, 0.05) is 32.2 Å². The van der Waals surface area contributed by atoms with E-state index in [-0.39, 0.29) is 0 Å². The lowest BCUT2D eigenvalue weighted by molar-refractivity contribution is 0.688. The predicted molar refractivity (Wildman–Crippen MR) is 94.0 cm³/mol. The van der Waals surface area contributed by atoms with Gasteiger partial charge in [-0.3, -0.25) is 0 Å². The largest absolute Gasteiger partial charge is 0.373 e. The fourth-order valence-electron chi connectivity index (χ4n) is 2.97. The molecule has 1 fully saturated rings. The summed E-state index contributed by atoms with van der Waals surface area (Å²) in [6.45, 7) is 1.79. The van der Waals surface area contributed by atoms with E-state index in [1.807, 2.05) is 31.3 Å². The predicted octanol–water partition coefficient (Wildman–Crippen LogP) is 2.06. The molecule has 0 amide bonds. The Labute approximate surface area is 141 Å². The minimum atomic E-state index is 0.332. The fraction of sp³-hybridized carbons (Fsp3) is 0.412. The van der Waals surface area contributed by atoms with Crippen molar-refractivity contribution in [3.05, 3.63) is 36.3 Å². The van der Waals surface area contributed by atoms with Gasteiger partial charge in [0.2, 0.25) is 0 Å². The van der Waals surface area contributed by atoms with Crippen LogP contribution in [0.4, 0.5) is 17.5 Å². The highest BCUT2D eigenvalue weighted by Crippen LogP contribution is 2.25. The number of nitriles is 1.